The molecule has 1 saturated carbocycles. The maximum Gasteiger partial charge on any atom is 0.243 e. The van der Waals surface area contributed by atoms with Crippen LogP contribution in [0.25, 0.3) is 0 Å². The van der Waals surface area contributed by atoms with Gasteiger partial charge < -0.3 is 5.11 Å². The minimum Gasteiger partial charge on any atom is -0.393 e. The normalized spacial score (nSPS) is 28.6. The van der Waals surface area contributed by atoms with E-state index in [9.17, 15) is 13.5 Å². The van der Waals surface area contributed by atoms with Gasteiger partial charge in [-0.2, -0.15) is 9.57 Å². The van der Waals surface area contributed by atoms with Crippen molar-refractivity contribution in [2.24, 2.45) is 5.92 Å². The Morgan fingerprint density at radius 1 is 1.21 bits per heavy atom. The van der Waals surface area contributed by atoms with Crippen LogP contribution in [-0.4, -0.2) is 36.5 Å². The van der Waals surface area contributed by atoms with E-state index < -0.39 is 16.1 Å². The van der Waals surface area contributed by atoms with Crippen molar-refractivity contribution in [2.75, 3.05) is 6.54 Å². The molecule has 2 aliphatic rings. The molecule has 130 valence electrons. The van der Waals surface area contributed by atoms with Gasteiger partial charge in [0.15, 0.2) is 0 Å². The number of aliphatic hydroxyl groups excluding tert-OH is 1. The van der Waals surface area contributed by atoms with Crippen LogP contribution in [0.1, 0.15) is 49.7 Å². The number of nitriles is 1. The van der Waals surface area contributed by atoms with Gasteiger partial charge in [-0.05, 0) is 56.4 Å². The van der Waals surface area contributed by atoms with Crippen LogP contribution < -0.4 is 0 Å². The number of hydrogen-bond donors (Lipinski definition) is 1. The second kappa shape index (κ2) is 6.83. The molecule has 0 bridgehead atoms. The SMILES string of the molecule is Cc1cc(C#N)ccc1S(=O)(=O)N1CCC[C@@H]1[C@@H]1CCCC[C@@H]1O. The van der Waals surface area contributed by atoms with Gasteiger partial charge in [-0.1, -0.05) is 12.8 Å². The number of rotatable bonds is 3. The lowest BCUT2D eigenvalue weighted by molar-refractivity contribution is 0.0386. The number of aliphatic hydroxyl groups is 1. The van der Waals surface area contributed by atoms with E-state index in [2.05, 4.69) is 0 Å². The number of benzene rings is 1. The predicted octanol–water partition coefficient (Wildman–Crippen LogP) is 2.57. The van der Waals surface area contributed by atoms with Crippen molar-refractivity contribution < 1.29 is 13.5 Å². The fraction of sp³-hybridized carbons (Fsp3) is 0.611. The maximum absolute atomic E-state index is 13.2. The van der Waals surface area contributed by atoms with Crippen molar-refractivity contribution in [3.63, 3.8) is 0 Å². The molecule has 6 heteroatoms. The van der Waals surface area contributed by atoms with Gasteiger partial charge in [0.05, 0.1) is 22.6 Å². The number of aryl methyl sites for hydroxylation is 1. The molecule has 1 aliphatic heterocycles. The molecule has 0 radical (unpaired) electrons. The van der Waals surface area contributed by atoms with Crippen molar-refractivity contribution in [3.8, 4) is 6.07 Å². The monoisotopic (exact) mass is 348 g/mol. The first kappa shape index (κ1) is 17.4. The van der Waals surface area contributed by atoms with E-state index in [-0.39, 0.29) is 16.9 Å². The summed E-state index contributed by atoms with van der Waals surface area (Å²) in [5.74, 6) is 0.0368. The van der Waals surface area contributed by atoms with E-state index in [4.69, 9.17) is 5.26 Å². The Morgan fingerprint density at radius 3 is 2.62 bits per heavy atom. The topological polar surface area (TPSA) is 81.4 Å². The van der Waals surface area contributed by atoms with Gasteiger partial charge >= 0.3 is 0 Å². The molecule has 1 saturated heterocycles. The second-order valence-electron chi connectivity index (χ2n) is 6.93. The summed E-state index contributed by atoms with van der Waals surface area (Å²) in [6.07, 6.45) is 4.99. The molecule has 3 atom stereocenters. The first-order valence-electron chi connectivity index (χ1n) is 8.66. The average Bonchev–Trinajstić information content (AvgIpc) is 3.05. The van der Waals surface area contributed by atoms with Gasteiger partial charge in [0.1, 0.15) is 0 Å². The lowest BCUT2D eigenvalue weighted by Crippen LogP contribution is -2.45. The Bertz CT molecular complexity index is 754. The van der Waals surface area contributed by atoms with Gasteiger partial charge in [0, 0.05) is 18.5 Å². The van der Waals surface area contributed by atoms with Crippen molar-refractivity contribution in [1.29, 1.82) is 5.26 Å². The minimum absolute atomic E-state index is 0.0368. The van der Waals surface area contributed by atoms with E-state index in [1.165, 1.54) is 6.07 Å². The third-order valence-electron chi connectivity index (χ3n) is 5.41. The standard InChI is InChI=1S/C18H24N2O3S/c1-13-11-14(12-19)8-9-18(13)24(22,23)20-10-4-6-16(20)15-5-2-3-7-17(15)21/h8-9,11,15-17,21H,2-7,10H2,1H3/t15-,16+,17-/m0/s1. The molecular formula is C18H24N2O3S. The highest BCUT2D eigenvalue weighted by Gasteiger charge is 2.42. The first-order valence-corrected chi connectivity index (χ1v) is 10.1. The zero-order valence-corrected chi connectivity index (χ0v) is 14.8. The van der Waals surface area contributed by atoms with E-state index in [0.29, 0.717) is 17.7 Å². The first-order chi connectivity index (χ1) is 11.4. The molecule has 1 aliphatic carbocycles. The molecule has 0 spiro atoms. The van der Waals surface area contributed by atoms with E-state index in [1.807, 2.05) is 6.07 Å². The number of nitrogens with zero attached hydrogens (tertiary/aromatic N) is 2. The third kappa shape index (κ3) is 3.08. The van der Waals surface area contributed by atoms with Crippen LogP contribution in [0.15, 0.2) is 23.1 Å². The van der Waals surface area contributed by atoms with E-state index >= 15 is 0 Å². The molecule has 1 heterocycles. The molecule has 0 amide bonds. The Labute approximate surface area is 144 Å². The van der Waals surface area contributed by atoms with Crippen molar-refractivity contribution in [1.82, 2.24) is 4.31 Å². The summed E-state index contributed by atoms with van der Waals surface area (Å²) < 4.78 is 27.9. The summed E-state index contributed by atoms with van der Waals surface area (Å²) >= 11 is 0. The Balaban J connectivity index is 1.92. The van der Waals surface area contributed by atoms with Gasteiger partial charge in [0.2, 0.25) is 10.0 Å². The molecule has 2 fully saturated rings. The molecule has 1 aromatic rings. The maximum atomic E-state index is 13.2. The van der Waals surface area contributed by atoms with Gasteiger partial charge in [-0.3, -0.25) is 0 Å². The molecule has 0 aromatic heterocycles. The number of sulfonamides is 1. The summed E-state index contributed by atoms with van der Waals surface area (Å²) in [7, 11) is -3.60. The third-order valence-corrected chi connectivity index (χ3v) is 7.50. The highest BCUT2D eigenvalue weighted by molar-refractivity contribution is 7.89. The molecule has 3 rings (SSSR count). The predicted molar refractivity (Wildman–Crippen MR) is 90.8 cm³/mol. The van der Waals surface area contributed by atoms with Crippen LogP contribution in [-0.2, 0) is 10.0 Å². The lowest BCUT2D eigenvalue weighted by Gasteiger charge is -2.36. The van der Waals surface area contributed by atoms with E-state index in [1.54, 1.807) is 23.4 Å². The fourth-order valence-electron chi connectivity index (χ4n) is 4.22. The molecule has 1 N–H and O–H groups in total. The highest BCUT2D eigenvalue weighted by atomic mass is 32.2. The summed E-state index contributed by atoms with van der Waals surface area (Å²) in [6.45, 7) is 2.24. The van der Waals surface area contributed by atoms with Gasteiger partial charge in [-0.25, -0.2) is 8.42 Å². The largest absolute Gasteiger partial charge is 0.393 e. The molecule has 0 unspecified atom stereocenters. The second-order valence-corrected chi connectivity index (χ2v) is 8.79. The summed E-state index contributed by atoms with van der Waals surface area (Å²) in [4.78, 5) is 0.277. The Kier molecular flexibility index (Phi) is 4.95. The summed E-state index contributed by atoms with van der Waals surface area (Å²) in [5, 5.41) is 19.3. The highest BCUT2D eigenvalue weighted by Crippen LogP contribution is 2.37. The zero-order valence-electron chi connectivity index (χ0n) is 14.0. The molecular weight excluding hydrogens is 324 g/mol. The zero-order chi connectivity index (χ0) is 17.3. The molecule has 24 heavy (non-hydrogen) atoms. The average molecular weight is 348 g/mol. The smallest absolute Gasteiger partial charge is 0.243 e. The van der Waals surface area contributed by atoms with Crippen LogP contribution in [0, 0.1) is 24.2 Å². The van der Waals surface area contributed by atoms with Crippen LogP contribution in [0.2, 0.25) is 0 Å². The van der Waals surface area contributed by atoms with Crippen molar-refractivity contribution >= 4 is 10.0 Å². The van der Waals surface area contributed by atoms with Crippen molar-refractivity contribution in [3.05, 3.63) is 29.3 Å². The van der Waals surface area contributed by atoms with E-state index in [0.717, 1.165) is 38.5 Å². The Morgan fingerprint density at radius 2 is 1.96 bits per heavy atom. The van der Waals surface area contributed by atoms with Crippen LogP contribution in [0.5, 0.6) is 0 Å². The minimum atomic E-state index is -3.60. The van der Waals surface area contributed by atoms with Crippen LogP contribution >= 0.6 is 0 Å². The van der Waals surface area contributed by atoms with Crippen molar-refractivity contribution in [2.45, 2.75) is 62.5 Å². The quantitative estimate of drug-likeness (QED) is 0.910. The number of hydrogen-bond acceptors (Lipinski definition) is 4. The molecule has 5 nitrogen and oxygen atoms in total. The fourth-order valence-corrected chi connectivity index (χ4v) is 6.16. The summed E-state index contributed by atoms with van der Waals surface area (Å²) in [5.41, 5.74) is 1.07. The van der Waals surface area contributed by atoms with Gasteiger partial charge in [-0.15, -0.1) is 0 Å². The molecule has 1 aromatic carbocycles. The Hall–Kier alpha value is -1.42. The lowest BCUT2D eigenvalue weighted by atomic mass is 9.81. The van der Waals surface area contributed by atoms with Crippen LogP contribution in [0.3, 0.4) is 0 Å². The summed E-state index contributed by atoms with van der Waals surface area (Å²) in [6, 6.07) is 6.64. The van der Waals surface area contributed by atoms with Gasteiger partial charge in [0.25, 0.3) is 0 Å². The van der Waals surface area contributed by atoms with Crippen LogP contribution in [0.4, 0.5) is 0 Å².